The van der Waals surface area contributed by atoms with Crippen molar-refractivity contribution < 1.29 is 23.8 Å². The Balaban J connectivity index is 1.11. The predicted octanol–water partition coefficient (Wildman–Crippen LogP) is 5.14. The number of para-hydroxylation sites is 2. The van der Waals surface area contributed by atoms with Gasteiger partial charge in [-0.2, -0.15) is 4.98 Å². The fraction of sp³-hybridized carbons (Fsp3) is 0.212. The molecule has 5 aromatic rings. The lowest BCUT2D eigenvalue weighted by atomic mass is 9.72. The van der Waals surface area contributed by atoms with Crippen molar-refractivity contribution >= 4 is 28.8 Å². The lowest BCUT2D eigenvalue weighted by Crippen LogP contribution is -2.60. The van der Waals surface area contributed by atoms with E-state index >= 15 is 0 Å². The summed E-state index contributed by atoms with van der Waals surface area (Å²) in [4.78, 5) is 20.0. The summed E-state index contributed by atoms with van der Waals surface area (Å²) < 4.78 is 17.1. The predicted molar refractivity (Wildman–Crippen MR) is 156 cm³/mol. The number of nitrogens with one attached hydrogen (secondary N) is 1. The molecule has 0 radical (unpaired) electrons. The minimum atomic E-state index is -1.59. The molecule has 8 heteroatoms. The number of benzene rings is 4. The van der Waals surface area contributed by atoms with Crippen LogP contribution in [-0.2, 0) is 21.6 Å². The van der Waals surface area contributed by atoms with Crippen molar-refractivity contribution in [1.82, 2.24) is 4.98 Å². The second-order valence-corrected chi connectivity index (χ2v) is 10.6. The highest BCUT2D eigenvalue weighted by molar-refractivity contribution is 5.99. The van der Waals surface area contributed by atoms with Crippen LogP contribution in [-0.4, -0.2) is 48.9 Å². The molecule has 2 unspecified atom stereocenters. The molecule has 0 amide bonds. The normalized spacial score (nSPS) is 19.9. The summed E-state index contributed by atoms with van der Waals surface area (Å²) in [5, 5.41) is 15.9. The van der Waals surface area contributed by atoms with Crippen LogP contribution in [0.5, 0.6) is 5.75 Å². The topological polar surface area (TPSA) is 97.1 Å². The molecule has 0 saturated carbocycles. The van der Waals surface area contributed by atoms with E-state index in [0.717, 1.165) is 39.0 Å². The zero-order valence-corrected chi connectivity index (χ0v) is 22.8. The summed E-state index contributed by atoms with van der Waals surface area (Å²) in [6.45, 7) is 1.01. The summed E-state index contributed by atoms with van der Waals surface area (Å²) in [6.07, 6.45) is 0.208. The number of anilines is 2. The van der Waals surface area contributed by atoms with E-state index in [-0.39, 0.29) is 6.42 Å². The van der Waals surface area contributed by atoms with Gasteiger partial charge in [0.15, 0.2) is 16.7 Å². The number of hydrogen-bond acceptors (Lipinski definition) is 8. The number of fused-ring (bicyclic) bond motifs is 4. The Morgan fingerprint density at radius 1 is 0.976 bits per heavy atom. The number of aliphatic hydroxyl groups is 1. The largest absolute Gasteiger partial charge is 0.492 e. The van der Waals surface area contributed by atoms with Crippen LogP contribution < -0.4 is 15.0 Å². The van der Waals surface area contributed by atoms with Gasteiger partial charge in [0, 0.05) is 24.7 Å². The molecule has 2 heterocycles. The number of nitrogens with zero attached hydrogens (tertiary/aromatic N) is 2. The summed E-state index contributed by atoms with van der Waals surface area (Å²) in [7, 11) is 3.27. The fourth-order valence-corrected chi connectivity index (χ4v) is 6.25. The van der Waals surface area contributed by atoms with Crippen LogP contribution in [0.25, 0.3) is 22.2 Å². The van der Waals surface area contributed by atoms with E-state index in [4.69, 9.17) is 13.9 Å². The maximum Gasteiger partial charge on any atom is 0.335 e. The summed E-state index contributed by atoms with van der Waals surface area (Å²) in [6, 6.07) is 29.3. The van der Waals surface area contributed by atoms with Crippen molar-refractivity contribution in [1.29, 1.82) is 0 Å². The van der Waals surface area contributed by atoms with Crippen LogP contribution in [0.3, 0.4) is 0 Å². The van der Waals surface area contributed by atoms with Gasteiger partial charge in [-0.3, -0.25) is 0 Å². The van der Waals surface area contributed by atoms with E-state index in [1.165, 1.54) is 7.11 Å². The summed E-state index contributed by atoms with van der Waals surface area (Å²) in [5.41, 5.74) is 3.37. The van der Waals surface area contributed by atoms with Crippen molar-refractivity contribution in [2.24, 2.45) is 0 Å². The first-order valence-corrected chi connectivity index (χ1v) is 13.6. The molecule has 206 valence electrons. The third-order valence-electron chi connectivity index (χ3n) is 8.23. The minimum absolute atomic E-state index is 0.208. The van der Waals surface area contributed by atoms with Crippen molar-refractivity contribution in [3.8, 4) is 16.9 Å². The van der Waals surface area contributed by atoms with Gasteiger partial charge < -0.3 is 29.2 Å². The van der Waals surface area contributed by atoms with Gasteiger partial charge in [-0.05, 0) is 52.6 Å². The molecule has 7 rings (SSSR count). The van der Waals surface area contributed by atoms with Gasteiger partial charge in [0.2, 0.25) is 0 Å². The van der Waals surface area contributed by atoms with E-state index in [0.29, 0.717) is 30.5 Å². The number of carbonyl (C=O) groups is 1. The number of ether oxygens (including phenoxy) is 2. The molecule has 0 spiro atoms. The van der Waals surface area contributed by atoms with Crippen molar-refractivity contribution in [3.63, 3.8) is 0 Å². The number of esters is 1. The van der Waals surface area contributed by atoms with E-state index in [1.807, 2.05) is 103 Å². The molecule has 1 aliphatic heterocycles. The molecular formula is C33H29N3O5. The Morgan fingerprint density at radius 2 is 1.73 bits per heavy atom. The van der Waals surface area contributed by atoms with Crippen molar-refractivity contribution in [3.05, 3.63) is 108 Å². The number of rotatable bonds is 8. The average molecular weight is 548 g/mol. The first kappa shape index (κ1) is 25.2. The molecule has 41 heavy (non-hydrogen) atoms. The molecule has 0 fully saturated rings. The standard InChI is InChI=1S/C33H29N3O5/c1-36(31-34-26-11-5-6-13-28(26)41-31)18-19-40-22-16-14-21(15-17-22)20-32(30(37)39-2)33(38)25-10-4-3-8-23(25)24-9-7-12-27(35-32)29(24)33/h3-17,35,38H,18-20H2,1-2H3. The lowest BCUT2D eigenvalue weighted by molar-refractivity contribution is -0.154. The van der Waals surface area contributed by atoms with Gasteiger partial charge in [0.25, 0.3) is 6.01 Å². The second kappa shape index (κ2) is 9.38. The maximum atomic E-state index is 13.6. The third kappa shape index (κ3) is 3.71. The van der Waals surface area contributed by atoms with E-state index in [1.54, 1.807) is 0 Å². The average Bonchev–Trinajstić information content (AvgIpc) is 3.64. The number of carbonyl (C=O) groups excluding carboxylic acids is 1. The minimum Gasteiger partial charge on any atom is -0.492 e. The number of hydrogen-bond donors (Lipinski definition) is 2. The highest BCUT2D eigenvalue weighted by Gasteiger charge is 2.67. The molecule has 2 aliphatic rings. The first-order valence-electron chi connectivity index (χ1n) is 13.6. The van der Waals surface area contributed by atoms with E-state index in [9.17, 15) is 9.90 Å². The Labute approximate surface area is 237 Å². The zero-order chi connectivity index (χ0) is 28.2. The number of methoxy groups -OCH3 is 1. The third-order valence-corrected chi connectivity index (χ3v) is 8.23. The maximum absolute atomic E-state index is 13.6. The van der Waals surface area contributed by atoms with Crippen LogP contribution in [0, 0.1) is 0 Å². The monoisotopic (exact) mass is 547 g/mol. The highest BCUT2D eigenvalue weighted by atomic mass is 16.5. The van der Waals surface area contributed by atoms with Crippen LogP contribution >= 0.6 is 0 Å². The molecular weight excluding hydrogens is 518 g/mol. The SMILES string of the molecule is COC(=O)C1(Cc2ccc(OCCN(C)c3nc4ccccc4o3)cc2)Nc2cccc3c2C1(O)c1ccccc1-3. The number of aromatic nitrogens is 1. The van der Waals surface area contributed by atoms with Gasteiger partial charge in [-0.15, -0.1) is 0 Å². The smallest absolute Gasteiger partial charge is 0.335 e. The Morgan fingerprint density at radius 3 is 2.54 bits per heavy atom. The summed E-state index contributed by atoms with van der Waals surface area (Å²) >= 11 is 0. The van der Waals surface area contributed by atoms with Gasteiger partial charge in [0.05, 0.1) is 13.7 Å². The van der Waals surface area contributed by atoms with Crippen LogP contribution in [0.15, 0.2) is 95.4 Å². The lowest BCUT2D eigenvalue weighted by Gasteiger charge is -2.39. The Bertz CT molecular complexity index is 1750. The van der Waals surface area contributed by atoms with Gasteiger partial charge >= 0.3 is 5.97 Å². The van der Waals surface area contributed by atoms with Crippen molar-refractivity contribution in [2.45, 2.75) is 17.6 Å². The van der Waals surface area contributed by atoms with E-state index < -0.39 is 17.1 Å². The Kier molecular flexibility index (Phi) is 5.76. The zero-order valence-electron chi connectivity index (χ0n) is 22.8. The van der Waals surface area contributed by atoms with Gasteiger partial charge in [0.1, 0.15) is 17.9 Å². The van der Waals surface area contributed by atoms with Crippen LogP contribution in [0.4, 0.5) is 11.7 Å². The molecule has 2 atom stereocenters. The number of likely N-dealkylation sites (N-methyl/N-ethyl adjacent to an activating group) is 1. The quantitative estimate of drug-likeness (QED) is 0.258. The molecule has 1 aliphatic carbocycles. The molecule has 8 nitrogen and oxygen atoms in total. The van der Waals surface area contributed by atoms with Crippen molar-refractivity contribution in [2.75, 3.05) is 37.5 Å². The Hall–Kier alpha value is -4.82. The summed E-state index contributed by atoms with van der Waals surface area (Å²) in [5.74, 6) is 0.170. The van der Waals surface area contributed by atoms with Crippen LogP contribution in [0.2, 0.25) is 0 Å². The molecule has 1 aromatic heterocycles. The highest BCUT2D eigenvalue weighted by Crippen LogP contribution is 2.60. The van der Waals surface area contributed by atoms with Gasteiger partial charge in [-0.25, -0.2) is 4.79 Å². The molecule has 4 aromatic carbocycles. The molecule has 2 N–H and O–H groups in total. The van der Waals surface area contributed by atoms with Crippen LogP contribution in [0.1, 0.15) is 16.7 Å². The molecule has 0 bridgehead atoms. The fourth-order valence-electron chi connectivity index (χ4n) is 6.25. The van der Waals surface area contributed by atoms with Gasteiger partial charge in [-0.1, -0.05) is 60.7 Å². The first-order chi connectivity index (χ1) is 19.9. The molecule has 0 saturated heterocycles. The number of oxazole rings is 1. The van der Waals surface area contributed by atoms with E-state index in [2.05, 4.69) is 10.3 Å². The second-order valence-electron chi connectivity index (χ2n) is 10.6.